The molecule has 0 amide bonds. The molecule has 0 aliphatic heterocycles. The van der Waals surface area contributed by atoms with Crippen molar-refractivity contribution in [3.63, 3.8) is 0 Å². The topological polar surface area (TPSA) is 42.4 Å². The van der Waals surface area contributed by atoms with Gasteiger partial charge in [-0.1, -0.05) is 22.0 Å². The predicted octanol–water partition coefficient (Wildman–Crippen LogP) is 3.78. The summed E-state index contributed by atoms with van der Waals surface area (Å²) in [7, 11) is 0. The summed E-state index contributed by atoms with van der Waals surface area (Å²) < 4.78 is 6.70. The van der Waals surface area contributed by atoms with E-state index in [-0.39, 0.29) is 0 Å². The molecule has 19 heavy (non-hydrogen) atoms. The molecule has 0 bridgehead atoms. The first-order valence-corrected chi connectivity index (χ1v) is 6.88. The quantitative estimate of drug-likeness (QED) is 0.931. The first kappa shape index (κ1) is 14.0. The fraction of sp³-hybridized carbons (Fsp3) is 0.267. The van der Waals surface area contributed by atoms with E-state index in [0.29, 0.717) is 12.4 Å². The zero-order valence-corrected chi connectivity index (χ0v) is 12.5. The average Bonchev–Trinajstić information content (AvgIpc) is 2.38. The molecule has 2 rings (SSSR count). The smallest absolute Gasteiger partial charge is 0.130 e. The molecule has 0 saturated heterocycles. The van der Waals surface area contributed by atoms with Gasteiger partial charge in [0.25, 0.3) is 0 Å². The molecule has 1 N–H and O–H groups in total. The lowest BCUT2D eigenvalue weighted by Gasteiger charge is -2.14. The Morgan fingerprint density at radius 1 is 1.37 bits per heavy atom. The molecule has 1 atom stereocenters. The summed E-state index contributed by atoms with van der Waals surface area (Å²) in [5.41, 5.74) is 2.77. The molecule has 0 radical (unpaired) electrons. The Morgan fingerprint density at radius 3 is 2.84 bits per heavy atom. The van der Waals surface area contributed by atoms with Gasteiger partial charge in [0.1, 0.15) is 12.4 Å². The zero-order valence-electron chi connectivity index (χ0n) is 10.9. The van der Waals surface area contributed by atoms with Gasteiger partial charge in [0, 0.05) is 16.2 Å². The third-order valence-electron chi connectivity index (χ3n) is 2.90. The highest BCUT2D eigenvalue weighted by molar-refractivity contribution is 9.10. The number of aromatic nitrogens is 1. The highest BCUT2D eigenvalue weighted by Crippen LogP contribution is 2.29. The van der Waals surface area contributed by atoms with E-state index in [1.165, 1.54) is 0 Å². The monoisotopic (exact) mass is 321 g/mol. The zero-order chi connectivity index (χ0) is 13.8. The highest BCUT2D eigenvalue weighted by atomic mass is 79.9. The van der Waals surface area contributed by atoms with Gasteiger partial charge >= 0.3 is 0 Å². The van der Waals surface area contributed by atoms with E-state index in [2.05, 4.69) is 20.9 Å². The lowest BCUT2D eigenvalue weighted by Crippen LogP contribution is -2.03. The number of ether oxygens (including phenoxy) is 1. The minimum atomic E-state index is -0.572. The van der Waals surface area contributed by atoms with Crippen molar-refractivity contribution in [2.45, 2.75) is 26.6 Å². The molecule has 1 heterocycles. The number of halogens is 1. The van der Waals surface area contributed by atoms with Crippen molar-refractivity contribution < 1.29 is 9.84 Å². The standard InChI is InChI=1S/C15H16BrNO2/c1-10-4-3-7-17-14(10)9-19-15-6-5-12(16)8-13(15)11(2)18/h3-8,11,18H,9H2,1-2H3/t11-/m1/s1. The number of aryl methyl sites for hydroxylation is 1. The van der Waals surface area contributed by atoms with E-state index in [0.717, 1.165) is 21.3 Å². The number of aliphatic hydroxyl groups excluding tert-OH is 1. The van der Waals surface area contributed by atoms with Crippen LogP contribution in [0.2, 0.25) is 0 Å². The normalized spacial score (nSPS) is 12.2. The summed E-state index contributed by atoms with van der Waals surface area (Å²) in [6, 6.07) is 9.52. The number of pyridine rings is 1. The van der Waals surface area contributed by atoms with Crippen molar-refractivity contribution >= 4 is 15.9 Å². The summed E-state index contributed by atoms with van der Waals surface area (Å²) in [6.07, 6.45) is 1.18. The number of aliphatic hydroxyl groups is 1. The van der Waals surface area contributed by atoms with Crippen LogP contribution in [-0.4, -0.2) is 10.1 Å². The summed E-state index contributed by atoms with van der Waals surface area (Å²) in [4.78, 5) is 4.29. The van der Waals surface area contributed by atoms with Crippen LogP contribution in [0.15, 0.2) is 41.0 Å². The fourth-order valence-corrected chi connectivity index (χ4v) is 2.17. The lowest BCUT2D eigenvalue weighted by atomic mass is 10.1. The van der Waals surface area contributed by atoms with E-state index < -0.39 is 6.10 Å². The third-order valence-corrected chi connectivity index (χ3v) is 3.40. The highest BCUT2D eigenvalue weighted by Gasteiger charge is 2.10. The second kappa shape index (κ2) is 6.17. The molecule has 0 unspecified atom stereocenters. The molecule has 1 aromatic heterocycles. The second-order valence-electron chi connectivity index (χ2n) is 4.41. The van der Waals surface area contributed by atoms with Crippen molar-refractivity contribution in [2.24, 2.45) is 0 Å². The number of hydrogen-bond acceptors (Lipinski definition) is 3. The predicted molar refractivity (Wildman–Crippen MR) is 78.1 cm³/mol. The second-order valence-corrected chi connectivity index (χ2v) is 5.33. The first-order valence-electron chi connectivity index (χ1n) is 6.08. The molecule has 1 aromatic carbocycles. The van der Waals surface area contributed by atoms with Crippen LogP contribution in [-0.2, 0) is 6.61 Å². The molecule has 0 saturated carbocycles. The molecule has 0 aliphatic carbocycles. The first-order chi connectivity index (χ1) is 9.08. The molecule has 100 valence electrons. The lowest BCUT2D eigenvalue weighted by molar-refractivity contribution is 0.189. The van der Waals surface area contributed by atoms with Crippen molar-refractivity contribution in [3.05, 3.63) is 57.8 Å². The van der Waals surface area contributed by atoms with Gasteiger partial charge in [-0.25, -0.2) is 0 Å². The summed E-state index contributed by atoms with van der Waals surface area (Å²) in [5, 5.41) is 9.76. The number of rotatable bonds is 4. The summed E-state index contributed by atoms with van der Waals surface area (Å²) in [5.74, 6) is 0.684. The van der Waals surface area contributed by atoms with Gasteiger partial charge in [-0.15, -0.1) is 0 Å². The summed E-state index contributed by atoms with van der Waals surface area (Å²) >= 11 is 3.39. The van der Waals surface area contributed by atoms with Crippen LogP contribution in [0.1, 0.15) is 29.8 Å². The van der Waals surface area contributed by atoms with Crippen molar-refractivity contribution in [3.8, 4) is 5.75 Å². The molecule has 2 aromatic rings. The van der Waals surface area contributed by atoms with Gasteiger partial charge in [-0.2, -0.15) is 0 Å². The van der Waals surface area contributed by atoms with E-state index in [1.54, 1.807) is 13.1 Å². The Kier molecular flexibility index (Phi) is 4.56. The van der Waals surface area contributed by atoms with Crippen molar-refractivity contribution in [1.29, 1.82) is 0 Å². The van der Waals surface area contributed by atoms with Crippen LogP contribution in [0.5, 0.6) is 5.75 Å². The van der Waals surface area contributed by atoms with Gasteiger partial charge in [-0.05, 0) is 43.7 Å². The van der Waals surface area contributed by atoms with Gasteiger partial charge in [-0.3, -0.25) is 4.98 Å². The maximum atomic E-state index is 9.76. The van der Waals surface area contributed by atoms with E-state index in [9.17, 15) is 5.11 Å². The molecular weight excluding hydrogens is 306 g/mol. The van der Waals surface area contributed by atoms with Gasteiger partial charge < -0.3 is 9.84 Å². The van der Waals surface area contributed by atoms with E-state index in [1.807, 2.05) is 37.3 Å². The maximum Gasteiger partial charge on any atom is 0.130 e. The molecular formula is C15H16BrNO2. The Hall–Kier alpha value is -1.39. The van der Waals surface area contributed by atoms with Crippen LogP contribution in [0.25, 0.3) is 0 Å². The molecule has 4 heteroatoms. The third kappa shape index (κ3) is 3.55. The Labute approximate surface area is 121 Å². The van der Waals surface area contributed by atoms with Crippen LogP contribution >= 0.6 is 15.9 Å². The molecule has 0 fully saturated rings. The van der Waals surface area contributed by atoms with Gasteiger partial charge in [0.05, 0.1) is 11.8 Å². The van der Waals surface area contributed by atoms with Crippen molar-refractivity contribution in [1.82, 2.24) is 4.98 Å². The Balaban J connectivity index is 2.18. The fourth-order valence-electron chi connectivity index (χ4n) is 1.79. The minimum absolute atomic E-state index is 0.397. The SMILES string of the molecule is Cc1cccnc1COc1ccc(Br)cc1[C@@H](C)O. The number of nitrogens with zero attached hydrogens (tertiary/aromatic N) is 1. The van der Waals surface area contributed by atoms with E-state index in [4.69, 9.17) is 4.74 Å². The number of benzene rings is 1. The van der Waals surface area contributed by atoms with Crippen LogP contribution in [0, 0.1) is 6.92 Å². The number of hydrogen-bond donors (Lipinski definition) is 1. The average molecular weight is 322 g/mol. The van der Waals surface area contributed by atoms with Crippen LogP contribution in [0.4, 0.5) is 0 Å². The van der Waals surface area contributed by atoms with Crippen LogP contribution < -0.4 is 4.74 Å². The molecule has 3 nitrogen and oxygen atoms in total. The van der Waals surface area contributed by atoms with E-state index >= 15 is 0 Å². The Bertz CT molecular complexity index is 570. The van der Waals surface area contributed by atoms with Crippen molar-refractivity contribution in [2.75, 3.05) is 0 Å². The largest absolute Gasteiger partial charge is 0.487 e. The minimum Gasteiger partial charge on any atom is -0.487 e. The molecule has 0 aliphatic rings. The van der Waals surface area contributed by atoms with Gasteiger partial charge in [0.15, 0.2) is 0 Å². The molecule has 0 spiro atoms. The maximum absolute atomic E-state index is 9.76. The van der Waals surface area contributed by atoms with Crippen LogP contribution in [0.3, 0.4) is 0 Å². The Morgan fingerprint density at radius 2 is 2.16 bits per heavy atom. The summed E-state index contributed by atoms with van der Waals surface area (Å²) in [6.45, 7) is 4.12. The van der Waals surface area contributed by atoms with Gasteiger partial charge in [0.2, 0.25) is 0 Å².